The average molecular weight is 402 g/mol. The molecule has 2 saturated heterocycles. The monoisotopic (exact) mass is 401 g/mol. The largest absolute Gasteiger partial charge is 0.356 e. The van der Waals surface area contributed by atoms with Crippen LogP contribution in [-0.2, 0) is 15.8 Å². The number of hydrogen-bond donors (Lipinski definition) is 0. The van der Waals surface area contributed by atoms with Crippen molar-refractivity contribution >= 4 is 21.7 Å². The molecular weight excluding hydrogens is 374 g/mol. The van der Waals surface area contributed by atoms with Gasteiger partial charge < -0.3 is 9.80 Å². The van der Waals surface area contributed by atoms with Crippen LogP contribution in [0.3, 0.4) is 0 Å². The molecule has 3 heterocycles. The molecule has 0 atom stereocenters. The summed E-state index contributed by atoms with van der Waals surface area (Å²) in [6.45, 7) is 6.32. The molecule has 2 aliphatic rings. The molecule has 1 aromatic heterocycles. The summed E-state index contributed by atoms with van der Waals surface area (Å²) in [6, 6.07) is 9.73. The summed E-state index contributed by atoms with van der Waals surface area (Å²) in [4.78, 5) is 13.3. The number of rotatable bonds is 5. The lowest BCUT2D eigenvalue weighted by molar-refractivity contribution is 0.383. The Hall–Kier alpha value is -2.19. The molecule has 8 heteroatoms. The Bertz CT molecular complexity index is 920. The Labute approximate surface area is 167 Å². The lowest BCUT2D eigenvalue weighted by Crippen LogP contribution is -2.49. The third kappa shape index (κ3) is 4.28. The van der Waals surface area contributed by atoms with Gasteiger partial charge in [0.2, 0.25) is 10.0 Å². The molecule has 7 nitrogen and oxygen atoms in total. The highest BCUT2D eigenvalue weighted by Gasteiger charge is 2.28. The Morgan fingerprint density at radius 1 is 0.893 bits per heavy atom. The normalized spacial score (nSPS) is 18.6. The second kappa shape index (κ2) is 8.05. The molecule has 0 amide bonds. The fraction of sp³-hybridized carbons (Fsp3) is 0.500. The maximum Gasteiger partial charge on any atom is 0.218 e. The van der Waals surface area contributed by atoms with Gasteiger partial charge in [-0.15, -0.1) is 0 Å². The number of sulfonamides is 1. The van der Waals surface area contributed by atoms with Crippen LogP contribution < -0.4 is 9.80 Å². The fourth-order valence-corrected chi connectivity index (χ4v) is 5.43. The highest BCUT2D eigenvalue weighted by atomic mass is 32.2. The second-order valence-corrected chi connectivity index (χ2v) is 9.53. The van der Waals surface area contributed by atoms with Crippen LogP contribution in [0.4, 0.5) is 11.6 Å². The molecule has 4 rings (SSSR count). The number of benzene rings is 1. The van der Waals surface area contributed by atoms with Gasteiger partial charge in [0.25, 0.3) is 0 Å². The molecule has 0 saturated carbocycles. The van der Waals surface area contributed by atoms with Gasteiger partial charge >= 0.3 is 0 Å². The van der Waals surface area contributed by atoms with Crippen molar-refractivity contribution in [3.05, 3.63) is 47.8 Å². The molecule has 0 bridgehead atoms. The van der Waals surface area contributed by atoms with E-state index in [0.717, 1.165) is 35.9 Å². The van der Waals surface area contributed by atoms with E-state index in [1.54, 1.807) is 10.6 Å². The van der Waals surface area contributed by atoms with Gasteiger partial charge in [0.05, 0.1) is 5.75 Å². The van der Waals surface area contributed by atoms with Gasteiger partial charge in [0.1, 0.15) is 18.0 Å². The molecule has 150 valence electrons. The molecule has 0 spiro atoms. The number of piperazine rings is 1. The topological polar surface area (TPSA) is 69.6 Å². The van der Waals surface area contributed by atoms with Crippen LogP contribution in [0.15, 0.2) is 36.7 Å². The molecule has 0 unspecified atom stereocenters. The fourth-order valence-electron chi connectivity index (χ4n) is 3.93. The molecule has 2 aliphatic heterocycles. The van der Waals surface area contributed by atoms with Gasteiger partial charge in [-0.1, -0.05) is 29.8 Å². The summed E-state index contributed by atoms with van der Waals surface area (Å²) in [5, 5.41) is 0. The van der Waals surface area contributed by atoms with Gasteiger partial charge in [0.15, 0.2) is 0 Å². The van der Waals surface area contributed by atoms with Gasteiger partial charge in [-0.3, -0.25) is 0 Å². The van der Waals surface area contributed by atoms with Gasteiger partial charge in [-0.2, -0.15) is 4.31 Å². The van der Waals surface area contributed by atoms with E-state index >= 15 is 0 Å². The van der Waals surface area contributed by atoms with Crippen molar-refractivity contribution in [2.75, 3.05) is 49.1 Å². The molecule has 2 fully saturated rings. The summed E-state index contributed by atoms with van der Waals surface area (Å²) in [5.74, 6) is 1.91. The molecule has 2 aromatic rings. The SMILES string of the molecule is Cc1cccc(CS(=O)(=O)N2CCN(c3cc(N4CCCC4)ncn3)CC2)c1. The summed E-state index contributed by atoms with van der Waals surface area (Å²) in [7, 11) is -3.31. The summed E-state index contributed by atoms with van der Waals surface area (Å²) in [6.07, 6.45) is 4.03. The number of anilines is 2. The Kier molecular flexibility index (Phi) is 5.50. The van der Waals surface area contributed by atoms with Crippen LogP contribution >= 0.6 is 0 Å². The van der Waals surface area contributed by atoms with E-state index in [4.69, 9.17) is 0 Å². The summed E-state index contributed by atoms with van der Waals surface area (Å²) < 4.78 is 27.2. The van der Waals surface area contributed by atoms with Crippen LogP contribution in [0.1, 0.15) is 24.0 Å². The van der Waals surface area contributed by atoms with Crippen molar-refractivity contribution in [3.8, 4) is 0 Å². The lowest BCUT2D eigenvalue weighted by atomic mass is 10.2. The number of aromatic nitrogens is 2. The number of aryl methyl sites for hydroxylation is 1. The standard InChI is InChI=1S/C20H27N5O2S/c1-17-5-4-6-18(13-17)15-28(26,27)25-11-9-24(10-12-25)20-14-19(21-16-22-20)23-7-2-3-8-23/h4-6,13-14,16H,2-3,7-12,15H2,1H3. The van der Waals surface area contributed by atoms with Gasteiger partial charge in [-0.25, -0.2) is 18.4 Å². The van der Waals surface area contributed by atoms with E-state index < -0.39 is 10.0 Å². The van der Waals surface area contributed by atoms with Crippen molar-refractivity contribution in [3.63, 3.8) is 0 Å². The van der Waals surface area contributed by atoms with Crippen LogP contribution in [-0.4, -0.2) is 62.0 Å². The van der Waals surface area contributed by atoms with E-state index in [1.165, 1.54) is 12.8 Å². The molecule has 28 heavy (non-hydrogen) atoms. The quantitative estimate of drug-likeness (QED) is 0.764. The van der Waals surface area contributed by atoms with Crippen molar-refractivity contribution in [2.24, 2.45) is 0 Å². The van der Waals surface area contributed by atoms with E-state index in [1.807, 2.05) is 37.3 Å². The van der Waals surface area contributed by atoms with E-state index in [-0.39, 0.29) is 5.75 Å². The predicted octanol–water partition coefficient (Wildman–Crippen LogP) is 2.04. The molecular formula is C20H27N5O2S. The molecule has 0 aliphatic carbocycles. The minimum Gasteiger partial charge on any atom is -0.356 e. The zero-order valence-electron chi connectivity index (χ0n) is 16.3. The first-order valence-corrected chi connectivity index (χ1v) is 11.5. The lowest BCUT2D eigenvalue weighted by Gasteiger charge is -2.35. The van der Waals surface area contributed by atoms with E-state index in [0.29, 0.717) is 26.2 Å². The molecule has 0 N–H and O–H groups in total. The minimum absolute atomic E-state index is 0.0568. The Morgan fingerprint density at radius 2 is 1.54 bits per heavy atom. The molecule has 1 aromatic carbocycles. The second-order valence-electron chi connectivity index (χ2n) is 7.56. The Balaban J connectivity index is 1.39. The third-order valence-corrected chi connectivity index (χ3v) is 7.31. The smallest absolute Gasteiger partial charge is 0.218 e. The first kappa shape index (κ1) is 19.1. The molecule has 0 radical (unpaired) electrons. The summed E-state index contributed by atoms with van der Waals surface area (Å²) in [5.41, 5.74) is 1.92. The maximum atomic E-state index is 12.8. The highest BCUT2D eigenvalue weighted by Crippen LogP contribution is 2.23. The highest BCUT2D eigenvalue weighted by molar-refractivity contribution is 7.88. The van der Waals surface area contributed by atoms with E-state index in [2.05, 4.69) is 19.8 Å². The van der Waals surface area contributed by atoms with Crippen LogP contribution in [0.5, 0.6) is 0 Å². The zero-order valence-corrected chi connectivity index (χ0v) is 17.1. The van der Waals surface area contributed by atoms with Gasteiger partial charge in [-0.05, 0) is 25.3 Å². The number of nitrogens with zero attached hydrogens (tertiary/aromatic N) is 5. The van der Waals surface area contributed by atoms with Crippen molar-refractivity contribution in [2.45, 2.75) is 25.5 Å². The van der Waals surface area contributed by atoms with Crippen molar-refractivity contribution in [1.29, 1.82) is 0 Å². The predicted molar refractivity (Wildman–Crippen MR) is 111 cm³/mol. The third-order valence-electron chi connectivity index (χ3n) is 5.46. The first-order chi connectivity index (χ1) is 13.5. The average Bonchev–Trinajstić information content (AvgIpc) is 3.23. The van der Waals surface area contributed by atoms with Gasteiger partial charge in [0, 0.05) is 45.3 Å². The first-order valence-electron chi connectivity index (χ1n) is 9.87. The zero-order chi connectivity index (χ0) is 19.6. The van der Waals surface area contributed by atoms with Crippen LogP contribution in [0, 0.1) is 6.92 Å². The van der Waals surface area contributed by atoms with Crippen LogP contribution in [0.2, 0.25) is 0 Å². The minimum atomic E-state index is -3.31. The number of hydrogen-bond acceptors (Lipinski definition) is 6. The van der Waals surface area contributed by atoms with Crippen molar-refractivity contribution in [1.82, 2.24) is 14.3 Å². The maximum absolute atomic E-state index is 12.8. The van der Waals surface area contributed by atoms with E-state index in [9.17, 15) is 8.42 Å². The Morgan fingerprint density at radius 3 is 2.18 bits per heavy atom. The van der Waals surface area contributed by atoms with Crippen LogP contribution in [0.25, 0.3) is 0 Å². The summed E-state index contributed by atoms with van der Waals surface area (Å²) >= 11 is 0. The van der Waals surface area contributed by atoms with Crippen molar-refractivity contribution < 1.29 is 8.42 Å².